The van der Waals surface area contributed by atoms with Crippen LogP contribution in [-0.4, -0.2) is 36.2 Å². The summed E-state index contributed by atoms with van der Waals surface area (Å²) < 4.78 is 5.26. The average molecular weight is 346 g/mol. The molecule has 1 fully saturated rings. The quantitative estimate of drug-likeness (QED) is 0.730. The first-order valence-electron chi connectivity index (χ1n) is 8.97. The van der Waals surface area contributed by atoms with Crippen molar-refractivity contribution in [3.63, 3.8) is 0 Å². The maximum Gasteiger partial charge on any atom is 0.228 e. The fraction of sp³-hybridized carbons (Fsp3) is 0.579. The summed E-state index contributed by atoms with van der Waals surface area (Å²) in [5.74, 6) is -0.276. The molecule has 3 N–H and O–H groups in total. The van der Waals surface area contributed by atoms with Crippen molar-refractivity contribution in [1.82, 2.24) is 5.32 Å². The Kier molecular flexibility index (Phi) is 5.27. The van der Waals surface area contributed by atoms with Gasteiger partial charge in [-0.05, 0) is 36.6 Å². The van der Waals surface area contributed by atoms with E-state index in [2.05, 4.69) is 10.6 Å². The summed E-state index contributed by atoms with van der Waals surface area (Å²) in [4.78, 5) is 25.0. The molecule has 0 spiro atoms. The summed E-state index contributed by atoms with van der Waals surface area (Å²) in [7, 11) is 1.57. The third-order valence-corrected chi connectivity index (χ3v) is 5.37. The third-order valence-electron chi connectivity index (χ3n) is 5.37. The number of ether oxygens (including phenoxy) is 1. The lowest BCUT2D eigenvalue weighted by Gasteiger charge is -2.35. The second-order valence-corrected chi connectivity index (χ2v) is 7.10. The van der Waals surface area contributed by atoms with E-state index in [4.69, 9.17) is 4.74 Å². The summed E-state index contributed by atoms with van der Waals surface area (Å²) in [6.45, 7) is -0.0668. The van der Waals surface area contributed by atoms with Crippen molar-refractivity contribution in [2.75, 3.05) is 19.0 Å². The van der Waals surface area contributed by atoms with Crippen molar-refractivity contribution in [2.24, 2.45) is 0 Å². The van der Waals surface area contributed by atoms with Gasteiger partial charge in [-0.15, -0.1) is 0 Å². The van der Waals surface area contributed by atoms with E-state index in [1.165, 1.54) is 0 Å². The van der Waals surface area contributed by atoms with Gasteiger partial charge in [0.25, 0.3) is 0 Å². The molecule has 1 heterocycles. The van der Waals surface area contributed by atoms with E-state index in [1.807, 2.05) is 0 Å². The van der Waals surface area contributed by atoms with Crippen molar-refractivity contribution in [2.45, 2.75) is 56.4 Å². The highest BCUT2D eigenvalue weighted by atomic mass is 16.5. The molecule has 1 unspecified atom stereocenters. The third kappa shape index (κ3) is 3.79. The number of aliphatic hydroxyl groups is 1. The summed E-state index contributed by atoms with van der Waals surface area (Å²) in [5, 5.41) is 15.8. The number of amides is 2. The topological polar surface area (TPSA) is 87.7 Å². The molecule has 3 rings (SSSR count). The van der Waals surface area contributed by atoms with Gasteiger partial charge in [0.15, 0.2) is 0 Å². The Morgan fingerprint density at radius 3 is 2.68 bits per heavy atom. The molecule has 0 bridgehead atoms. The number of anilines is 1. The number of fused-ring (bicyclic) bond motifs is 1. The Balaban J connectivity index is 1.85. The van der Waals surface area contributed by atoms with E-state index in [-0.39, 0.29) is 24.8 Å². The minimum atomic E-state index is -0.569. The lowest BCUT2D eigenvalue weighted by Crippen LogP contribution is -2.53. The van der Waals surface area contributed by atoms with Crippen LogP contribution in [-0.2, 0) is 9.59 Å². The van der Waals surface area contributed by atoms with Gasteiger partial charge in [0.05, 0.1) is 25.2 Å². The molecule has 136 valence electrons. The van der Waals surface area contributed by atoms with Crippen LogP contribution in [0, 0.1) is 0 Å². The number of carbonyl (C=O) groups is 2. The van der Waals surface area contributed by atoms with Crippen molar-refractivity contribution >= 4 is 17.5 Å². The van der Waals surface area contributed by atoms with Crippen LogP contribution in [0.1, 0.15) is 56.4 Å². The van der Waals surface area contributed by atoms with Crippen LogP contribution >= 0.6 is 0 Å². The number of methoxy groups -OCH3 is 1. The number of benzene rings is 1. The fourth-order valence-corrected chi connectivity index (χ4v) is 3.88. The zero-order valence-electron chi connectivity index (χ0n) is 14.6. The lowest BCUT2D eigenvalue weighted by atomic mass is 9.86. The van der Waals surface area contributed by atoms with Gasteiger partial charge in [-0.25, -0.2) is 0 Å². The number of nitrogens with one attached hydrogen (secondary N) is 2. The molecular weight excluding hydrogens is 320 g/mol. The molecule has 1 aliphatic heterocycles. The highest BCUT2D eigenvalue weighted by Crippen LogP contribution is 2.36. The number of hydrogen-bond donors (Lipinski definition) is 3. The first kappa shape index (κ1) is 17.7. The highest BCUT2D eigenvalue weighted by Gasteiger charge is 2.37. The molecule has 1 aliphatic carbocycles. The molecule has 1 aromatic carbocycles. The van der Waals surface area contributed by atoms with Gasteiger partial charge in [-0.3, -0.25) is 9.59 Å². The van der Waals surface area contributed by atoms with Crippen LogP contribution in [0.15, 0.2) is 18.2 Å². The Morgan fingerprint density at radius 2 is 2.04 bits per heavy atom. The number of aliphatic hydroxyl groups excluding tert-OH is 1. The van der Waals surface area contributed by atoms with Gasteiger partial charge >= 0.3 is 0 Å². The molecular formula is C19H26N2O4. The summed E-state index contributed by atoms with van der Waals surface area (Å²) in [6, 6.07) is 5.33. The van der Waals surface area contributed by atoms with Gasteiger partial charge in [-0.2, -0.15) is 0 Å². The standard InChI is InChI=1S/C19H26N2O4/c1-25-13-6-7-16-14(10-13)15(11-17(23)20-16)18(24)21-19(12-22)8-4-2-3-5-9-19/h6-7,10,15,22H,2-5,8-9,11-12H2,1H3,(H,20,23)(H,21,24). The summed E-state index contributed by atoms with van der Waals surface area (Å²) in [5.41, 5.74) is 0.842. The average Bonchev–Trinajstić information content (AvgIpc) is 2.86. The van der Waals surface area contributed by atoms with E-state index in [1.54, 1.807) is 25.3 Å². The van der Waals surface area contributed by atoms with Gasteiger partial charge in [0.2, 0.25) is 11.8 Å². The van der Waals surface area contributed by atoms with E-state index >= 15 is 0 Å². The van der Waals surface area contributed by atoms with Crippen molar-refractivity contribution in [3.8, 4) is 5.75 Å². The number of carbonyl (C=O) groups excluding carboxylic acids is 2. The van der Waals surface area contributed by atoms with E-state index < -0.39 is 11.5 Å². The Morgan fingerprint density at radius 1 is 1.32 bits per heavy atom. The molecule has 1 saturated carbocycles. The van der Waals surface area contributed by atoms with Crippen molar-refractivity contribution < 1.29 is 19.4 Å². The first-order chi connectivity index (χ1) is 12.1. The van der Waals surface area contributed by atoms with Gasteiger partial charge in [0.1, 0.15) is 5.75 Å². The molecule has 0 radical (unpaired) electrons. The highest BCUT2D eigenvalue weighted by molar-refractivity contribution is 6.01. The molecule has 2 amide bonds. The minimum absolute atomic E-state index is 0.0668. The van der Waals surface area contributed by atoms with Crippen LogP contribution in [0.4, 0.5) is 5.69 Å². The van der Waals surface area contributed by atoms with Gasteiger partial charge in [-0.1, -0.05) is 25.7 Å². The van der Waals surface area contributed by atoms with Crippen LogP contribution in [0.3, 0.4) is 0 Å². The predicted octanol–water partition coefficient (Wildman–Crippen LogP) is 2.32. The molecule has 1 aromatic rings. The summed E-state index contributed by atoms with van der Waals surface area (Å²) >= 11 is 0. The SMILES string of the molecule is COc1ccc2c(c1)C(C(=O)NC1(CO)CCCCCC1)CC(=O)N2. The van der Waals surface area contributed by atoms with Crippen LogP contribution < -0.4 is 15.4 Å². The largest absolute Gasteiger partial charge is 0.497 e. The van der Waals surface area contributed by atoms with Crippen LogP contribution in [0.25, 0.3) is 0 Å². The van der Waals surface area contributed by atoms with E-state index in [9.17, 15) is 14.7 Å². The van der Waals surface area contributed by atoms with E-state index in [0.29, 0.717) is 11.4 Å². The van der Waals surface area contributed by atoms with Gasteiger partial charge in [0, 0.05) is 12.1 Å². The maximum atomic E-state index is 13.0. The normalized spacial score (nSPS) is 22.3. The first-order valence-corrected chi connectivity index (χ1v) is 8.97. The van der Waals surface area contributed by atoms with Crippen molar-refractivity contribution in [3.05, 3.63) is 23.8 Å². The fourth-order valence-electron chi connectivity index (χ4n) is 3.88. The second kappa shape index (κ2) is 7.44. The molecule has 6 heteroatoms. The number of hydrogen-bond acceptors (Lipinski definition) is 4. The Labute approximate surface area is 147 Å². The predicted molar refractivity (Wildman–Crippen MR) is 94.6 cm³/mol. The molecule has 0 saturated heterocycles. The van der Waals surface area contributed by atoms with Crippen LogP contribution in [0.5, 0.6) is 5.75 Å². The molecule has 1 atom stereocenters. The second-order valence-electron chi connectivity index (χ2n) is 7.10. The smallest absolute Gasteiger partial charge is 0.228 e. The zero-order valence-corrected chi connectivity index (χ0v) is 14.6. The molecule has 25 heavy (non-hydrogen) atoms. The summed E-state index contributed by atoms with van der Waals surface area (Å²) in [6.07, 6.45) is 5.91. The van der Waals surface area contributed by atoms with Crippen LogP contribution in [0.2, 0.25) is 0 Å². The Hall–Kier alpha value is -2.08. The molecule has 2 aliphatic rings. The van der Waals surface area contributed by atoms with Gasteiger partial charge < -0.3 is 20.5 Å². The Bertz CT molecular complexity index is 651. The minimum Gasteiger partial charge on any atom is -0.497 e. The maximum absolute atomic E-state index is 13.0. The molecule has 6 nitrogen and oxygen atoms in total. The lowest BCUT2D eigenvalue weighted by molar-refractivity contribution is -0.128. The number of rotatable bonds is 4. The van der Waals surface area contributed by atoms with Crippen molar-refractivity contribution in [1.29, 1.82) is 0 Å². The monoisotopic (exact) mass is 346 g/mol. The molecule has 0 aromatic heterocycles. The zero-order chi connectivity index (χ0) is 17.9. The van der Waals surface area contributed by atoms with E-state index in [0.717, 1.165) is 44.1 Å².